The van der Waals surface area contributed by atoms with Gasteiger partial charge in [0.25, 0.3) is 0 Å². The van der Waals surface area contributed by atoms with E-state index in [4.69, 9.17) is 18.6 Å². The number of hydrogen-bond donors (Lipinski definition) is 0. The second kappa shape index (κ2) is 8.98. The molecule has 1 unspecified atom stereocenters. The highest BCUT2D eigenvalue weighted by Crippen LogP contribution is 2.38. The molecule has 8 heteroatoms. The minimum absolute atomic E-state index is 0.116. The molecule has 3 rings (SSSR count). The third-order valence-electron chi connectivity index (χ3n) is 5.44. The van der Waals surface area contributed by atoms with Crippen molar-refractivity contribution >= 4 is 34.5 Å². The van der Waals surface area contributed by atoms with Crippen molar-refractivity contribution in [2.45, 2.75) is 66.1 Å². The molecule has 0 saturated carbocycles. The normalized spacial score (nSPS) is 17.9. The summed E-state index contributed by atoms with van der Waals surface area (Å²) in [7, 11) is 0. The molecule has 170 valence electrons. The smallest absolute Gasteiger partial charge is 0.347 e. The first kappa shape index (κ1) is 23.2. The van der Waals surface area contributed by atoms with Crippen molar-refractivity contribution in [2.24, 2.45) is 0 Å². The van der Waals surface area contributed by atoms with Crippen LogP contribution in [0.5, 0.6) is 5.75 Å². The van der Waals surface area contributed by atoms with Gasteiger partial charge in [0.1, 0.15) is 34.9 Å². The third-order valence-corrected chi connectivity index (χ3v) is 5.44. The number of hydrogen-bond acceptors (Lipinski definition) is 8. The first-order valence-corrected chi connectivity index (χ1v) is 10.4. The minimum atomic E-state index is -0.685. The van der Waals surface area contributed by atoms with Crippen LogP contribution in [0.3, 0.4) is 0 Å². The van der Waals surface area contributed by atoms with Gasteiger partial charge in [-0.3, -0.25) is 14.4 Å². The quantitative estimate of drug-likeness (QED) is 0.391. The zero-order valence-electron chi connectivity index (χ0n) is 18.9. The molecular formula is C24H26O8. The van der Waals surface area contributed by atoms with Crippen LogP contribution in [0.15, 0.2) is 27.4 Å². The van der Waals surface area contributed by atoms with Crippen LogP contribution in [0.4, 0.5) is 0 Å². The zero-order valence-corrected chi connectivity index (χ0v) is 18.9. The second-order valence-electron chi connectivity index (χ2n) is 8.08. The lowest BCUT2D eigenvalue weighted by Gasteiger charge is -2.25. The molecule has 1 aliphatic heterocycles. The fourth-order valence-corrected chi connectivity index (χ4v) is 3.90. The highest BCUT2D eigenvalue weighted by molar-refractivity contribution is 5.98. The molecule has 0 aliphatic carbocycles. The molecule has 0 fully saturated rings. The van der Waals surface area contributed by atoms with E-state index in [0.717, 1.165) is 0 Å². The van der Waals surface area contributed by atoms with E-state index in [1.54, 1.807) is 26.8 Å². The Morgan fingerprint density at radius 3 is 2.41 bits per heavy atom. The summed E-state index contributed by atoms with van der Waals surface area (Å²) in [5.41, 5.74) is 0.962. The molecule has 0 amide bonds. The van der Waals surface area contributed by atoms with E-state index in [2.05, 4.69) is 0 Å². The number of esters is 2. The van der Waals surface area contributed by atoms with Crippen molar-refractivity contribution in [3.8, 4) is 5.75 Å². The summed E-state index contributed by atoms with van der Waals surface area (Å²) in [6.07, 6.45) is 0.648. The monoisotopic (exact) mass is 442 g/mol. The van der Waals surface area contributed by atoms with Crippen LogP contribution in [0.25, 0.3) is 16.7 Å². The molecule has 1 aliphatic rings. The third kappa shape index (κ3) is 4.74. The predicted molar refractivity (Wildman–Crippen MR) is 116 cm³/mol. The molecule has 1 aromatic carbocycles. The summed E-state index contributed by atoms with van der Waals surface area (Å²) < 4.78 is 22.0. The van der Waals surface area contributed by atoms with E-state index in [0.29, 0.717) is 16.5 Å². The van der Waals surface area contributed by atoms with Gasteiger partial charge in [0, 0.05) is 43.7 Å². The van der Waals surface area contributed by atoms with Crippen LogP contribution in [0.2, 0.25) is 0 Å². The Morgan fingerprint density at radius 1 is 1.12 bits per heavy atom. The molecular weight excluding hydrogens is 416 g/mol. The van der Waals surface area contributed by atoms with Crippen LogP contribution < -0.4 is 10.4 Å². The molecule has 0 saturated heterocycles. The van der Waals surface area contributed by atoms with Gasteiger partial charge in [0.15, 0.2) is 5.78 Å². The van der Waals surface area contributed by atoms with Crippen molar-refractivity contribution in [2.75, 3.05) is 0 Å². The summed E-state index contributed by atoms with van der Waals surface area (Å²) in [5, 5.41) is 0.565. The van der Waals surface area contributed by atoms with Crippen molar-refractivity contribution in [3.63, 3.8) is 0 Å². The second-order valence-corrected chi connectivity index (χ2v) is 8.08. The molecule has 3 atom stereocenters. The van der Waals surface area contributed by atoms with Gasteiger partial charge in [-0.25, -0.2) is 4.79 Å². The van der Waals surface area contributed by atoms with E-state index in [1.165, 1.54) is 26.0 Å². The van der Waals surface area contributed by atoms with Gasteiger partial charge in [-0.05, 0) is 38.0 Å². The number of benzene rings is 1. The maximum absolute atomic E-state index is 12.7. The highest BCUT2D eigenvalue weighted by Gasteiger charge is 2.27. The van der Waals surface area contributed by atoms with Crippen LogP contribution in [-0.4, -0.2) is 29.9 Å². The number of carbonyl (C=O) groups excluding carboxylic acids is 3. The van der Waals surface area contributed by atoms with Crippen molar-refractivity contribution < 1.29 is 33.0 Å². The fourth-order valence-electron chi connectivity index (χ4n) is 3.90. The van der Waals surface area contributed by atoms with Crippen molar-refractivity contribution in [3.05, 3.63) is 45.3 Å². The van der Waals surface area contributed by atoms with Gasteiger partial charge >= 0.3 is 17.6 Å². The predicted octanol–water partition coefficient (Wildman–Crippen LogP) is 3.80. The number of allylic oxidation sites excluding steroid dienone is 1. The van der Waals surface area contributed by atoms with Gasteiger partial charge in [-0.15, -0.1) is 0 Å². The fraction of sp³-hybridized carbons (Fsp3) is 0.417. The Hall–Kier alpha value is -3.42. The Labute approximate surface area is 185 Å². The van der Waals surface area contributed by atoms with Crippen molar-refractivity contribution in [1.29, 1.82) is 0 Å². The van der Waals surface area contributed by atoms with E-state index in [9.17, 15) is 19.2 Å². The summed E-state index contributed by atoms with van der Waals surface area (Å²) in [5.74, 6) is -1.03. The summed E-state index contributed by atoms with van der Waals surface area (Å²) in [6, 6.07) is 3.09. The van der Waals surface area contributed by atoms with Gasteiger partial charge in [-0.2, -0.15) is 0 Å². The standard InChI is InChI=1S/C24H26O8/c1-11-7-17(27)8-21(29-11)19-9-18-22(32-24(19)28)10-20(31-16(6)26)13(3)23(18)12(2)14(4)30-15(5)25/h8-12,14H,7H2,1-6H3/t11?,12-,14+/m0/s1. The van der Waals surface area contributed by atoms with Gasteiger partial charge in [-0.1, -0.05) is 6.92 Å². The van der Waals surface area contributed by atoms with Crippen LogP contribution >= 0.6 is 0 Å². The van der Waals surface area contributed by atoms with E-state index in [1.807, 2.05) is 6.92 Å². The number of fused-ring (bicyclic) bond motifs is 1. The molecule has 0 spiro atoms. The van der Waals surface area contributed by atoms with E-state index < -0.39 is 23.7 Å². The Kier molecular flexibility index (Phi) is 6.52. The van der Waals surface area contributed by atoms with Gasteiger partial charge in [0.2, 0.25) is 0 Å². The Morgan fingerprint density at radius 2 is 1.81 bits per heavy atom. The van der Waals surface area contributed by atoms with Crippen LogP contribution in [0, 0.1) is 6.92 Å². The summed E-state index contributed by atoms with van der Waals surface area (Å²) >= 11 is 0. The number of carbonyl (C=O) groups is 3. The average molecular weight is 442 g/mol. The minimum Gasteiger partial charge on any atom is -0.489 e. The first-order chi connectivity index (χ1) is 15.0. The average Bonchev–Trinajstić information content (AvgIpc) is 2.66. The largest absolute Gasteiger partial charge is 0.489 e. The first-order valence-electron chi connectivity index (χ1n) is 10.4. The summed E-state index contributed by atoms with van der Waals surface area (Å²) in [6.45, 7) is 9.74. The zero-order chi connectivity index (χ0) is 23.7. The lowest BCUT2D eigenvalue weighted by atomic mass is 9.88. The summed E-state index contributed by atoms with van der Waals surface area (Å²) in [4.78, 5) is 47.9. The lowest BCUT2D eigenvalue weighted by Crippen LogP contribution is -2.22. The molecule has 0 N–H and O–H groups in total. The number of ketones is 1. The molecule has 0 radical (unpaired) electrons. The highest BCUT2D eigenvalue weighted by atomic mass is 16.5. The number of ether oxygens (including phenoxy) is 3. The van der Waals surface area contributed by atoms with E-state index >= 15 is 0 Å². The lowest BCUT2D eigenvalue weighted by molar-refractivity contribution is -0.146. The SMILES string of the molecule is CC(=O)Oc1cc2oc(=O)c(C3=CC(=O)CC(C)O3)cc2c([C@@H](C)[C@@H](C)OC(C)=O)c1C. The van der Waals surface area contributed by atoms with Crippen molar-refractivity contribution in [1.82, 2.24) is 0 Å². The molecule has 1 aromatic heterocycles. The molecule has 8 nitrogen and oxygen atoms in total. The topological polar surface area (TPSA) is 109 Å². The molecule has 2 aromatic rings. The Balaban J connectivity index is 2.28. The number of rotatable bonds is 5. The Bertz CT molecular complexity index is 1190. The maximum atomic E-state index is 12.7. The molecule has 0 bridgehead atoms. The van der Waals surface area contributed by atoms with E-state index in [-0.39, 0.29) is 46.9 Å². The van der Waals surface area contributed by atoms with Gasteiger partial charge < -0.3 is 18.6 Å². The molecule has 2 heterocycles. The van der Waals surface area contributed by atoms with Crippen LogP contribution in [-0.2, 0) is 23.9 Å². The maximum Gasteiger partial charge on any atom is 0.347 e. The van der Waals surface area contributed by atoms with Crippen LogP contribution in [0.1, 0.15) is 63.6 Å². The molecule has 32 heavy (non-hydrogen) atoms. The van der Waals surface area contributed by atoms with Gasteiger partial charge in [0.05, 0.1) is 0 Å².